The number of halogens is 1. The number of benzene rings is 2. The van der Waals surface area contributed by atoms with Crippen molar-refractivity contribution >= 4 is 56.0 Å². The number of rotatable bonds is 7. The Hall–Kier alpha value is -2.45. The first kappa shape index (κ1) is 22.2. The lowest BCUT2D eigenvalue weighted by atomic mass is 10.1. The molecule has 30 heavy (non-hydrogen) atoms. The summed E-state index contributed by atoms with van der Waals surface area (Å²) in [5, 5.41) is 3.44. The third kappa shape index (κ3) is 4.99. The Morgan fingerprint density at radius 3 is 2.53 bits per heavy atom. The molecule has 0 saturated carbocycles. The lowest BCUT2D eigenvalue weighted by molar-refractivity contribution is -0.115. The number of aromatic nitrogens is 2. The Kier molecular flexibility index (Phi) is 7.10. The molecule has 0 spiro atoms. The second kappa shape index (κ2) is 9.57. The number of hydrogen-bond acceptors (Lipinski definition) is 5. The Labute approximate surface area is 187 Å². The Morgan fingerprint density at radius 2 is 1.90 bits per heavy atom. The van der Waals surface area contributed by atoms with E-state index in [1.54, 1.807) is 47.9 Å². The zero-order valence-electron chi connectivity index (χ0n) is 16.9. The summed E-state index contributed by atoms with van der Waals surface area (Å²) in [5.74, 6) is -0.233. The van der Waals surface area contributed by atoms with E-state index in [2.05, 4.69) is 26.2 Å². The van der Waals surface area contributed by atoms with Crippen molar-refractivity contribution in [3.63, 3.8) is 0 Å². The normalized spacial score (nSPS) is 12.0. The molecule has 0 aliphatic heterocycles. The van der Waals surface area contributed by atoms with Crippen LogP contribution in [0.4, 0.5) is 5.69 Å². The molecule has 3 aromatic rings. The molecule has 0 radical (unpaired) electrons. The van der Waals surface area contributed by atoms with Crippen molar-refractivity contribution in [3.8, 4) is 0 Å². The number of fused-ring (bicyclic) bond motifs is 1. The third-order valence-electron chi connectivity index (χ3n) is 4.54. The molecule has 1 amide bonds. The summed E-state index contributed by atoms with van der Waals surface area (Å²) in [6, 6.07) is 12.2. The minimum absolute atomic E-state index is 0.0277. The van der Waals surface area contributed by atoms with Crippen LogP contribution in [-0.2, 0) is 11.3 Å². The molecule has 0 aliphatic rings. The quantitative estimate of drug-likeness (QED) is 0.291. The molecule has 1 heterocycles. The summed E-state index contributed by atoms with van der Waals surface area (Å²) in [7, 11) is 0. The van der Waals surface area contributed by atoms with Gasteiger partial charge in [0.15, 0.2) is 10.9 Å². The second-order valence-corrected chi connectivity index (χ2v) is 9.12. The van der Waals surface area contributed by atoms with Gasteiger partial charge in [0.2, 0.25) is 5.91 Å². The van der Waals surface area contributed by atoms with Crippen LogP contribution < -0.4 is 10.9 Å². The van der Waals surface area contributed by atoms with E-state index in [9.17, 15) is 14.4 Å². The number of carbonyl (C=O) groups excluding carboxylic acids is 2. The first-order chi connectivity index (χ1) is 14.3. The van der Waals surface area contributed by atoms with Crippen LogP contribution in [-0.4, -0.2) is 26.5 Å². The molecular weight excluding hydrogens is 466 g/mol. The Bertz CT molecular complexity index is 1160. The summed E-state index contributed by atoms with van der Waals surface area (Å²) in [6.07, 6.45) is 0.776. The van der Waals surface area contributed by atoms with Crippen molar-refractivity contribution < 1.29 is 9.59 Å². The van der Waals surface area contributed by atoms with E-state index < -0.39 is 5.25 Å². The van der Waals surface area contributed by atoms with Crippen LogP contribution in [0.5, 0.6) is 0 Å². The Balaban J connectivity index is 1.84. The minimum atomic E-state index is -0.472. The van der Waals surface area contributed by atoms with Crippen molar-refractivity contribution in [3.05, 3.63) is 62.9 Å². The monoisotopic (exact) mass is 487 g/mol. The van der Waals surface area contributed by atoms with Crippen LogP contribution >= 0.6 is 27.7 Å². The fourth-order valence-electron chi connectivity index (χ4n) is 2.93. The number of carbonyl (C=O) groups is 2. The summed E-state index contributed by atoms with van der Waals surface area (Å²) in [6.45, 7) is 5.79. The fraction of sp³-hybridized carbons (Fsp3) is 0.273. The number of amides is 1. The number of anilines is 1. The van der Waals surface area contributed by atoms with Gasteiger partial charge in [-0.3, -0.25) is 19.0 Å². The van der Waals surface area contributed by atoms with Crippen LogP contribution in [0.2, 0.25) is 0 Å². The number of thioether (sulfide) groups is 1. The summed E-state index contributed by atoms with van der Waals surface area (Å²) < 4.78 is 2.45. The number of hydrogen-bond donors (Lipinski definition) is 1. The molecule has 156 valence electrons. The van der Waals surface area contributed by atoms with Gasteiger partial charge in [-0.25, -0.2) is 4.98 Å². The molecule has 1 aromatic heterocycles. The van der Waals surface area contributed by atoms with Gasteiger partial charge in [-0.1, -0.05) is 34.6 Å². The summed E-state index contributed by atoms with van der Waals surface area (Å²) in [5.41, 5.74) is 1.69. The van der Waals surface area contributed by atoms with Crippen LogP contribution in [0.1, 0.15) is 37.6 Å². The highest BCUT2D eigenvalue weighted by atomic mass is 79.9. The smallest absolute Gasteiger partial charge is 0.262 e. The molecule has 8 heteroatoms. The average molecular weight is 488 g/mol. The van der Waals surface area contributed by atoms with Crippen LogP contribution in [0.15, 0.2) is 56.9 Å². The first-order valence-electron chi connectivity index (χ1n) is 9.58. The minimum Gasteiger partial charge on any atom is -0.325 e. The number of ketones is 1. The zero-order chi connectivity index (χ0) is 21.8. The maximum atomic E-state index is 13.0. The first-order valence-corrected chi connectivity index (χ1v) is 11.3. The molecule has 1 N–H and O–H groups in total. The van der Waals surface area contributed by atoms with Crippen LogP contribution in [0.25, 0.3) is 10.9 Å². The van der Waals surface area contributed by atoms with Crippen molar-refractivity contribution in [2.75, 3.05) is 5.32 Å². The van der Waals surface area contributed by atoms with E-state index in [4.69, 9.17) is 0 Å². The molecule has 0 saturated heterocycles. The summed E-state index contributed by atoms with van der Waals surface area (Å²) >= 11 is 4.65. The van der Waals surface area contributed by atoms with Crippen molar-refractivity contribution in [1.82, 2.24) is 9.55 Å². The van der Waals surface area contributed by atoms with E-state index in [-0.39, 0.29) is 17.2 Å². The number of nitrogens with zero attached hydrogens (tertiary/aromatic N) is 2. The van der Waals surface area contributed by atoms with Crippen LogP contribution in [0.3, 0.4) is 0 Å². The molecular formula is C22H22BrN3O3S. The van der Waals surface area contributed by atoms with Crippen LogP contribution in [0, 0.1) is 0 Å². The molecule has 6 nitrogen and oxygen atoms in total. The maximum absolute atomic E-state index is 13.0. The van der Waals surface area contributed by atoms with Crippen molar-refractivity contribution in [2.45, 2.75) is 44.1 Å². The molecule has 0 bridgehead atoms. The molecule has 1 atom stereocenters. The predicted octanol–water partition coefficient (Wildman–Crippen LogP) is 4.89. The number of nitrogens with one attached hydrogen (secondary N) is 1. The van der Waals surface area contributed by atoms with Gasteiger partial charge in [0, 0.05) is 22.3 Å². The van der Waals surface area contributed by atoms with E-state index >= 15 is 0 Å². The molecule has 2 aromatic carbocycles. The van der Waals surface area contributed by atoms with E-state index in [0.29, 0.717) is 33.9 Å². The highest BCUT2D eigenvalue weighted by molar-refractivity contribution is 9.10. The lowest BCUT2D eigenvalue weighted by Crippen LogP contribution is -2.27. The highest BCUT2D eigenvalue weighted by Crippen LogP contribution is 2.25. The lowest BCUT2D eigenvalue weighted by Gasteiger charge is -2.16. The van der Waals surface area contributed by atoms with Gasteiger partial charge in [-0.2, -0.15) is 0 Å². The topological polar surface area (TPSA) is 81.1 Å². The SMILES string of the molecule is CCCn1c(SC(C)C(=O)Nc2ccc(C(C)=O)cc2)nc2ccc(Br)cc2c1=O. The fourth-order valence-corrected chi connectivity index (χ4v) is 4.22. The molecule has 0 fully saturated rings. The van der Waals surface area contributed by atoms with Gasteiger partial charge in [0.25, 0.3) is 5.56 Å². The predicted molar refractivity (Wildman–Crippen MR) is 124 cm³/mol. The molecule has 3 rings (SSSR count). The Morgan fingerprint density at radius 1 is 1.20 bits per heavy atom. The third-order valence-corrected chi connectivity index (χ3v) is 6.12. The van der Waals surface area contributed by atoms with Gasteiger partial charge >= 0.3 is 0 Å². The standard InChI is InChI=1S/C22H22BrN3O3S/c1-4-11-26-21(29)18-12-16(23)7-10-19(18)25-22(26)30-14(3)20(28)24-17-8-5-15(6-9-17)13(2)27/h5-10,12,14H,4,11H2,1-3H3,(H,24,28). The molecule has 1 unspecified atom stereocenters. The van der Waals surface area contributed by atoms with Crippen molar-refractivity contribution in [2.24, 2.45) is 0 Å². The highest BCUT2D eigenvalue weighted by Gasteiger charge is 2.19. The largest absolute Gasteiger partial charge is 0.325 e. The van der Waals surface area contributed by atoms with Gasteiger partial charge in [0.1, 0.15) is 0 Å². The van der Waals surface area contributed by atoms with Gasteiger partial charge in [-0.15, -0.1) is 0 Å². The summed E-state index contributed by atoms with van der Waals surface area (Å²) in [4.78, 5) is 41.7. The maximum Gasteiger partial charge on any atom is 0.262 e. The van der Waals surface area contributed by atoms with E-state index in [1.807, 2.05) is 13.0 Å². The molecule has 0 aliphatic carbocycles. The van der Waals surface area contributed by atoms with Gasteiger partial charge in [-0.05, 0) is 62.7 Å². The van der Waals surface area contributed by atoms with E-state index in [0.717, 1.165) is 10.9 Å². The number of Topliss-reactive ketones (excluding diaryl/α,β-unsaturated/α-hetero) is 1. The van der Waals surface area contributed by atoms with E-state index in [1.165, 1.54) is 18.7 Å². The van der Waals surface area contributed by atoms with Gasteiger partial charge in [0.05, 0.1) is 16.2 Å². The average Bonchev–Trinajstić information content (AvgIpc) is 2.71. The second-order valence-electron chi connectivity index (χ2n) is 6.90. The van der Waals surface area contributed by atoms with Crippen molar-refractivity contribution in [1.29, 1.82) is 0 Å². The zero-order valence-corrected chi connectivity index (χ0v) is 19.3. The van der Waals surface area contributed by atoms with Gasteiger partial charge < -0.3 is 5.32 Å².